The van der Waals surface area contributed by atoms with E-state index in [4.69, 9.17) is 9.47 Å². The van der Waals surface area contributed by atoms with Gasteiger partial charge in [0.2, 0.25) is 0 Å². The first-order valence-electron chi connectivity index (χ1n) is 8.64. The van der Waals surface area contributed by atoms with Crippen molar-refractivity contribution in [3.63, 3.8) is 0 Å². The van der Waals surface area contributed by atoms with Crippen molar-refractivity contribution in [3.8, 4) is 5.75 Å². The Morgan fingerprint density at radius 2 is 1.93 bits per heavy atom. The maximum atomic E-state index is 12.3. The summed E-state index contributed by atoms with van der Waals surface area (Å²) in [5.74, 6) is 0.491. The van der Waals surface area contributed by atoms with Crippen LogP contribution < -0.4 is 4.74 Å². The molecule has 1 atom stereocenters. The number of alkyl halides is 3. The van der Waals surface area contributed by atoms with E-state index in [1.54, 1.807) is 31.0 Å². The lowest BCUT2D eigenvalue weighted by atomic mass is 10.0. The molecule has 0 aromatic heterocycles. The molecule has 0 saturated heterocycles. The van der Waals surface area contributed by atoms with Gasteiger partial charge in [0.25, 0.3) is 0 Å². The van der Waals surface area contributed by atoms with E-state index >= 15 is 0 Å². The Balaban J connectivity index is 1.82. The number of rotatable bonds is 6. The topological polar surface area (TPSA) is 30.9 Å². The summed E-state index contributed by atoms with van der Waals surface area (Å²) in [6, 6.07) is 5.87. The van der Waals surface area contributed by atoms with Gasteiger partial charge in [-0.3, -0.25) is 0 Å². The largest absolute Gasteiger partial charge is 0.573 e. The lowest BCUT2D eigenvalue weighted by Gasteiger charge is -2.27. The summed E-state index contributed by atoms with van der Waals surface area (Å²) in [7, 11) is 1.62. The summed E-state index contributed by atoms with van der Waals surface area (Å²) in [5, 5.41) is 2.92. The molecule has 1 unspecified atom stereocenters. The van der Waals surface area contributed by atoms with Crippen LogP contribution in [0.3, 0.4) is 0 Å². The summed E-state index contributed by atoms with van der Waals surface area (Å²) >= 11 is 1.55. The molecule has 1 heterocycles. The molecule has 2 aliphatic rings. The maximum Gasteiger partial charge on any atom is 0.573 e. The Bertz CT molecular complexity index is 813. The first-order valence-corrected chi connectivity index (χ1v) is 9.52. The number of hydrogen-bond acceptors (Lipinski definition) is 5. The first-order chi connectivity index (χ1) is 13.4. The van der Waals surface area contributed by atoms with E-state index in [-0.39, 0.29) is 11.9 Å². The van der Waals surface area contributed by atoms with E-state index in [0.29, 0.717) is 13.2 Å². The predicted molar refractivity (Wildman–Crippen MR) is 102 cm³/mol. The molecule has 28 heavy (non-hydrogen) atoms. The molecule has 0 fully saturated rings. The number of ether oxygens (including phenoxy) is 3. The molecule has 1 aliphatic heterocycles. The Labute approximate surface area is 165 Å². The second-order valence-electron chi connectivity index (χ2n) is 5.94. The van der Waals surface area contributed by atoms with E-state index in [0.717, 1.165) is 21.9 Å². The van der Waals surface area contributed by atoms with Crippen LogP contribution in [0.25, 0.3) is 0 Å². The highest BCUT2D eigenvalue weighted by Crippen LogP contribution is 2.39. The number of nitrogens with zero attached hydrogens (tertiary/aromatic N) is 1. The highest BCUT2D eigenvalue weighted by molar-refractivity contribution is 8.06. The molecule has 0 spiro atoms. The molecule has 4 nitrogen and oxygen atoms in total. The molecular weight excluding hydrogens is 391 g/mol. The quantitative estimate of drug-likeness (QED) is 0.632. The van der Waals surface area contributed by atoms with Crippen LogP contribution in [0.4, 0.5) is 13.2 Å². The van der Waals surface area contributed by atoms with Gasteiger partial charge in [-0.25, -0.2) is 0 Å². The number of halogens is 3. The zero-order valence-corrected chi connectivity index (χ0v) is 16.2. The van der Waals surface area contributed by atoms with Gasteiger partial charge < -0.3 is 19.1 Å². The Hall–Kier alpha value is -2.32. The fourth-order valence-corrected chi connectivity index (χ4v) is 3.87. The average molecular weight is 411 g/mol. The second kappa shape index (κ2) is 8.79. The van der Waals surface area contributed by atoms with Crippen LogP contribution in [0.1, 0.15) is 12.5 Å². The molecule has 0 saturated carbocycles. The van der Waals surface area contributed by atoms with Crippen molar-refractivity contribution >= 4 is 11.8 Å². The highest BCUT2D eigenvalue weighted by atomic mass is 32.2. The lowest BCUT2D eigenvalue weighted by molar-refractivity contribution is -0.274. The fraction of sp³-hybridized carbons (Fsp3) is 0.300. The summed E-state index contributed by atoms with van der Waals surface area (Å²) in [6.45, 7) is 2.99. The smallest absolute Gasteiger partial charge is 0.496 e. The van der Waals surface area contributed by atoms with Crippen LogP contribution in [0, 0.1) is 0 Å². The van der Waals surface area contributed by atoms with Crippen LogP contribution in [-0.2, 0) is 16.0 Å². The summed E-state index contributed by atoms with van der Waals surface area (Å²) in [6.07, 6.45) is 2.77. The number of thioether (sulfide) groups is 1. The van der Waals surface area contributed by atoms with Crippen molar-refractivity contribution < 1.29 is 27.4 Å². The standard InChI is InChI=1S/C20H20F3NO3S/c1-3-26-17-6-4-5-16(25-2)18(17)19-24(11-12-28-19)13-14-7-9-15(10-8-14)27-20(21,22)23/h4-12,17H,3,13H2,1-2H3/b19-18+. The van der Waals surface area contributed by atoms with Gasteiger partial charge in [-0.15, -0.1) is 13.2 Å². The van der Waals surface area contributed by atoms with Crippen molar-refractivity contribution in [1.29, 1.82) is 0 Å². The van der Waals surface area contributed by atoms with Gasteiger partial charge in [0.1, 0.15) is 17.6 Å². The highest BCUT2D eigenvalue weighted by Gasteiger charge is 2.31. The monoisotopic (exact) mass is 411 g/mol. The molecule has 0 N–H and O–H groups in total. The number of methoxy groups -OCH3 is 1. The van der Waals surface area contributed by atoms with Gasteiger partial charge in [0.05, 0.1) is 17.7 Å². The molecule has 3 rings (SSSR count). The van der Waals surface area contributed by atoms with Crippen LogP contribution in [0.2, 0.25) is 0 Å². The minimum atomic E-state index is -4.70. The molecule has 0 bridgehead atoms. The average Bonchev–Trinajstić information content (AvgIpc) is 3.10. The van der Waals surface area contributed by atoms with Crippen LogP contribution in [0.15, 0.2) is 70.5 Å². The summed E-state index contributed by atoms with van der Waals surface area (Å²) in [4.78, 5) is 2.03. The van der Waals surface area contributed by atoms with Gasteiger partial charge in [-0.2, -0.15) is 0 Å². The molecular formula is C20H20F3NO3S. The third kappa shape index (κ3) is 4.94. The Morgan fingerprint density at radius 3 is 2.57 bits per heavy atom. The Morgan fingerprint density at radius 1 is 1.18 bits per heavy atom. The Kier molecular flexibility index (Phi) is 6.41. The molecule has 1 aliphatic carbocycles. The van der Waals surface area contributed by atoms with Crippen LogP contribution in [-0.4, -0.2) is 31.1 Å². The van der Waals surface area contributed by atoms with Crippen molar-refractivity contribution in [2.45, 2.75) is 25.9 Å². The molecule has 0 amide bonds. The van der Waals surface area contributed by atoms with Crippen LogP contribution >= 0.6 is 11.8 Å². The van der Waals surface area contributed by atoms with E-state index in [1.165, 1.54) is 12.1 Å². The van der Waals surface area contributed by atoms with Crippen molar-refractivity contribution in [3.05, 3.63) is 76.0 Å². The molecule has 8 heteroatoms. The maximum absolute atomic E-state index is 12.3. The number of benzene rings is 1. The fourth-order valence-electron chi connectivity index (χ4n) is 2.93. The predicted octanol–water partition coefficient (Wildman–Crippen LogP) is 5.32. The number of hydrogen-bond donors (Lipinski definition) is 0. The minimum Gasteiger partial charge on any atom is -0.496 e. The summed E-state index contributed by atoms with van der Waals surface area (Å²) in [5.41, 5.74) is 1.78. The third-order valence-corrected chi connectivity index (χ3v) is 5.01. The van der Waals surface area contributed by atoms with Crippen molar-refractivity contribution in [2.24, 2.45) is 0 Å². The van der Waals surface area contributed by atoms with E-state index in [2.05, 4.69) is 4.74 Å². The number of allylic oxidation sites excluding steroid dienone is 2. The van der Waals surface area contributed by atoms with Gasteiger partial charge >= 0.3 is 6.36 Å². The van der Waals surface area contributed by atoms with Gasteiger partial charge in [-0.05, 0) is 36.1 Å². The third-order valence-electron chi connectivity index (χ3n) is 4.07. The molecule has 1 aromatic rings. The SMILES string of the molecule is CCOC1C=CC=C(OC)/C1=C1\SC=CN1Cc1ccc(OC(F)(F)F)cc1. The van der Waals surface area contributed by atoms with Gasteiger partial charge in [0.15, 0.2) is 0 Å². The van der Waals surface area contributed by atoms with E-state index in [1.807, 2.05) is 41.7 Å². The van der Waals surface area contributed by atoms with Crippen LogP contribution in [0.5, 0.6) is 5.75 Å². The normalized spacial score (nSPS) is 21.8. The van der Waals surface area contributed by atoms with E-state index < -0.39 is 6.36 Å². The molecule has 1 aromatic carbocycles. The van der Waals surface area contributed by atoms with Crippen molar-refractivity contribution in [1.82, 2.24) is 4.90 Å². The van der Waals surface area contributed by atoms with Gasteiger partial charge in [-0.1, -0.05) is 36.0 Å². The molecule has 150 valence electrons. The first kappa shape index (κ1) is 20.4. The van der Waals surface area contributed by atoms with Gasteiger partial charge in [0, 0.05) is 19.4 Å². The second-order valence-corrected chi connectivity index (χ2v) is 6.83. The summed E-state index contributed by atoms with van der Waals surface area (Å²) < 4.78 is 52.2. The zero-order valence-electron chi connectivity index (χ0n) is 15.4. The molecule has 0 radical (unpaired) electrons. The minimum absolute atomic E-state index is 0.225. The van der Waals surface area contributed by atoms with Crippen molar-refractivity contribution in [2.75, 3.05) is 13.7 Å². The zero-order chi connectivity index (χ0) is 20.1. The van der Waals surface area contributed by atoms with E-state index in [9.17, 15) is 13.2 Å². The lowest BCUT2D eigenvalue weighted by Crippen LogP contribution is -2.23.